The highest BCUT2D eigenvalue weighted by Crippen LogP contribution is 2.34. The van der Waals surface area contributed by atoms with Gasteiger partial charge in [-0.05, 0) is 45.8 Å². The first-order chi connectivity index (χ1) is 12.5. The Kier molecular flexibility index (Phi) is 3.91. The topological polar surface area (TPSA) is 0 Å². The van der Waals surface area contributed by atoms with Crippen LogP contribution >= 0.6 is 0 Å². The summed E-state index contributed by atoms with van der Waals surface area (Å²) >= 11 is 0. The van der Waals surface area contributed by atoms with Gasteiger partial charge >= 0.3 is 0 Å². The third-order valence-corrected chi connectivity index (χ3v) is 4.72. The van der Waals surface area contributed by atoms with Crippen molar-refractivity contribution < 1.29 is 17.6 Å². The highest BCUT2D eigenvalue weighted by molar-refractivity contribution is 6.08. The molecule has 4 aromatic rings. The zero-order valence-electron chi connectivity index (χ0n) is 13.9. The van der Waals surface area contributed by atoms with Crippen LogP contribution in [0.5, 0.6) is 0 Å². The molecule has 0 aliphatic rings. The van der Waals surface area contributed by atoms with Crippen LogP contribution in [-0.2, 0) is 6.42 Å². The number of fused-ring (bicyclic) bond motifs is 3. The van der Waals surface area contributed by atoms with Crippen LogP contribution in [0.2, 0.25) is 0 Å². The zero-order valence-corrected chi connectivity index (χ0v) is 13.9. The van der Waals surface area contributed by atoms with Crippen molar-refractivity contribution in [2.24, 2.45) is 0 Å². The average Bonchev–Trinajstić information content (AvgIpc) is 2.65. The van der Waals surface area contributed by atoms with E-state index in [0.29, 0.717) is 5.39 Å². The van der Waals surface area contributed by atoms with E-state index in [9.17, 15) is 13.2 Å². The van der Waals surface area contributed by atoms with Crippen molar-refractivity contribution in [1.29, 1.82) is 0 Å². The molecule has 4 heteroatoms. The second-order valence-electron chi connectivity index (χ2n) is 6.25. The van der Waals surface area contributed by atoms with Gasteiger partial charge in [0.05, 0.1) is 0 Å². The summed E-state index contributed by atoms with van der Waals surface area (Å²) in [5.74, 6) is -4.84. The summed E-state index contributed by atoms with van der Waals surface area (Å²) < 4.78 is 55.3. The third-order valence-electron chi connectivity index (χ3n) is 4.72. The molecule has 0 saturated carbocycles. The first-order valence-electron chi connectivity index (χ1n) is 8.28. The summed E-state index contributed by atoms with van der Waals surface area (Å²) in [5, 5.41) is 2.98. The van der Waals surface area contributed by atoms with Crippen LogP contribution in [0, 0.1) is 23.3 Å². The molecule has 0 unspecified atom stereocenters. The number of hydrogen-bond acceptors (Lipinski definition) is 0. The summed E-state index contributed by atoms with van der Waals surface area (Å²) in [6.45, 7) is 2.06. The molecule has 4 rings (SSSR count). The highest BCUT2D eigenvalue weighted by atomic mass is 19.2. The Labute approximate surface area is 147 Å². The van der Waals surface area contributed by atoms with Gasteiger partial charge < -0.3 is 0 Å². The van der Waals surface area contributed by atoms with Gasteiger partial charge in [0.15, 0.2) is 17.5 Å². The molecule has 0 saturated heterocycles. The monoisotopic (exact) mass is 354 g/mol. The van der Waals surface area contributed by atoms with Crippen molar-refractivity contribution in [2.75, 3.05) is 0 Å². The van der Waals surface area contributed by atoms with E-state index in [4.69, 9.17) is 0 Å². The summed E-state index contributed by atoms with van der Waals surface area (Å²) in [7, 11) is 0. The fourth-order valence-corrected chi connectivity index (χ4v) is 3.31. The van der Waals surface area contributed by atoms with Crippen LogP contribution in [0.1, 0.15) is 12.5 Å². The highest BCUT2D eigenvalue weighted by Gasteiger charge is 2.16. The lowest BCUT2D eigenvalue weighted by Gasteiger charge is -2.11. The van der Waals surface area contributed by atoms with Gasteiger partial charge in [0.1, 0.15) is 5.82 Å². The fourth-order valence-electron chi connectivity index (χ4n) is 3.31. The molecule has 0 amide bonds. The minimum Gasteiger partial charge on any atom is -0.206 e. The smallest absolute Gasteiger partial charge is 0.194 e. The fraction of sp³-hybridized carbons (Fsp3) is 0.0909. The summed E-state index contributed by atoms with van der Waals surface area (Å²) in [6, 6.07) is 14.3. The standard InChI is InChI=1S/C22H14F4/c1-2-12-3-5-15-13(9-12)4-6-18-17(15)8-7-16(21(18)25)14-10-19(23)22(26)20(24)11-14/h3-11H,2H2,1H3. The first-order valence-corrected chi connectivity index (χ1v) is 8.28. The van der Waals surface area contributed by atoms with Gasteiger partial charge in [-0.3, -0.25) is 0 Å². The lowest BCUT2D eigenvalue weighted by molar-refractivity contribution is 0.447. The van der Waals surface area contributed by atoms with Gasteiger partial charge in [-0.2, -0.15) is 0 Å². The quantitative estimate of drug-likeness (QED) is 0.211. The Morgan fingerprint density at radius 2 is 1.31 bits per heavy atom. The maximum Gasteiger partial charge on any atom is 0.194 e. The second-order valence-corrected chi connectivity index (χ2v) is 6.25. The van der Waals surface area contributed by atoms with Crippen LogP contribution in [0.25, 0.3) is 32.7 Å². The molecule has 0 heterocycles. The van der Waals surface area contributed by atoms with Crippen molar-refractivity contribution in [2.45, 2.75) is 13.3 Å². The molecular weight excluding hydrogens is 340 g/mol. The molecule has 130 valence electrons. The van der Waals surface area contributed by atoms with Crippen LogP contribution in [0.15, 0.2) is 54.6 Å². The molecule has 0 spiro atoms. The predicted octanol–water partition coefficient (Wildman–Crippen LogP) is 6.78. The van der Waals surface area contributed by atoms with Crippen LogP contribution < -0.4 is 0 Å². The van der Waals surface area contributed by atoms with Gasteiger partial charge in [0.25, 0.3) is 0 Å². The molecule has 0 fully saturated rings. The Morgan fingerprint density at radius 1 is 0.654 bits per heavy atom. The third kappa shape index (κ3) is 2.53. The Balaban J connectivity index is 1.97. The average molecular weight is 354 g/mol. The molecule has 0 bridgehead atoms. The zero-order chi connectivity index (χ0) is 18.4. The Bertz CT molecular complexity index is 1140. The van der Waals surface area contributed by atoms with E-state index >= 15 is 4.39 Å². The largest absolute Gasteiger partial charge is 0.206 e. The van der Waals surface area contributed by atoms with Crippen molar-refractivity contribution in [3.8, 4) is 11.1 Å². The summed E-state index contributed by atoms with van der Waals surface area (Å²) in [4.78, 5) is 0. The number of hydrogen-bond donors (Lipinski definition) is 0. The van der Waals surface area contributed by atoms with Gasteiger partial charge in [-0.15, -0.1) is 0 Å². The molecule has 0 nitrogen and oxygen atoms in total. The number of rotatable bonds is 2. The van der Waals surface area contributed by atoms with E-state index in [0.717, 1.165) is 34.7 Å². The maximum absolute atomic E-state index is 15.1. The molecule has 0 radical (unpaired) electrons. The summed E-state index contributed by atoms with van der Waals surface area (Å²) in [5.41, 5.74) is 1.17. The van der Waals surface area contributed by atoms with E-state index in [1.807, 2.05) is 18.2 Å². The molecule has 4 aromatic carbocycles. The van der Waals surface area contributed by atoms with Crippen LogP contribution in [0.4, 0.5) is 17.6 Å². The van der Waals surface area contributed by atoms with E-state index in [2.05, 4.69) is 13.0 Å². The molecule has 0 aromatic heterocycles. The van der Waals surface area contributed by atoms with Crippen molar-refractivity contribution in [1.82, 2.24) is 0 Å². The maximum atomic E-state index is 15.1. The minimum absolute atomic E-state index is 0.0276. The lowest BCUT2D eigenvalue weighted by Crippen LogP contribution is -1.94. The normalized spacial score (nSPS) is 11.4. The second kappa shape index (κ2) is 6.13. The molecule has 0 aliphatic heterocycles. The van der Waals surface area contributed by atoms with Crippen molar-refractivity contribution >= 4 is 21.5 Å². The van der Waals surface area contributed by atoms with Gasteiger partial charge in [-0.1, -0.05) is 49.4 Å². The van der Waals surface area contributed by atoms with Crippen LogP contribution in [-0.4, -0.2) is 0 Å². The number of benzene rings is 4. The molecule has 0 aliphatic carbocycles. The Hall–Kier alpha value is -2.88. The number of aryl methyl sites for hydroxylation is 1. The SMILES string of the molecule is CCc1ccc2c(ccc3c(F)c(-c4cc(F)c(F)c(F)c4)ccc32)c1. The lowest BCUT2D eigenvalue weighted by atomic mass is 9.95. The van der Waals surface area contributed by atoms with E-state index in [1.165, 1.54) is 11.6 Å². The molecular formula is C22H14F4. The van der Waals surface area contributed by atoms with E-state index < -0.39 is 23.3 Å². The minimum atomic E-state index is -1.56. The number of halogens is 4. The molecule has 0 atom stereocenters. The van der Waals surface area contributed by atoms with Gasteiger partial charge in [0, 0.05) is 10.9 Å². The predicted molar refractivity (Wildman–Crippen MR) is 96.1 cm³/mol. The van der Waals surface area contributed by atoms with Gasteiger partial charge in [0.2, 0.25) is 0 Å². The van der Waals surface area contributed by atoms with Crippen molar-refractivity contribution in [3.63, 3.8) is 0 Å². The van der Waals surface area contributed by atoms with E-state index in [-0.39, 0.29) is 11.1 Å². The Morgan fingerprint density at radius 3 is 2.00 bits per heavy atom. The molecule has 0 N–H and O–H groups in total. The van der Waals surface area contributed by atoms with Crippen molar-refractivity contribution in [3.05, 3.63) is 83.4 Å². The first kappa shape index (κ1) is 16.6. The molecule has 26 heavy (non-hydrogen) atoms. The summed E-state index contributed by atoms with van der Waals surface area (Å²) in [6.07, 6.45) is 0.906. The van der Waals surface area contributed by atoms with E-state index in [1.54, 1.807) is 12.1 Å². The van der Waals surface area contributed by atoms with Gasteiger partial charge in [-0.25, -0.2) is 17.6 Å². The van der Waals surface area contributed by atoms with Crippen LogP contribution in [0.3, 0.4) is 0 Å².